The molecule has 1 fully saturated rings. The predicted molar refractivity (Wildman–Crippen MR) is 132 cm³/mol. The van der Waals surface area contributed by atoms with E-state index in [9.17, 15) is 18.4 Å². The van der Waals surface area contributed by atoms with Gasteiger partial charge in [0.25, 0.3) is 5.91 Å². The van der Waals surface area contributed by atoms with E-state index in [1.807, 2.05) is 13.8 Å². The summed E-state index contributed by atoms with van der Waals surface area (Å²) in [5.74, 6) is -4.76. The van der Waals surface area contributed by atoms with Gasteiger partial charge in [-0.3, -0.25) is 14.6 Å². The third-order valence-corrected chi connectivity index (χ3v) is 6.79. The van der Waals surface area contributed by atoms with Gasteiger partial charge in [0, 0.05) is 36.0 Å². The minimum absolute atomic E-state index is 0.186. The number of anilines is 1. The molecule has 1 aliphatic rings. The Morgan fingerprint density at radius 1 is 1.25 bits per heavy atom. The van der Waals surface area contributed by atoms with Gasteiger partial charge in [-0.2, -0.15) is 0 Å². The molecule has 2 unspecified atom stereocenters. The lowest BCUT2D eigenvalue weighted by Crippen LogP contribution is -2.51. The number of halogens is 3. The maximum atomic E-state index is 14.2. The first-order chi connectivity index (χ1) is 17.2. The highest BCUT2D eigenvalue weighted by Crippen LogP contribution is 2.38. The number of aryl methyl sites for hydroxylation is 2. The molecule has 2 atom stereocenters. The van der Waals surface area contributed by atoms with Crippen LogP contribution in [0.3, 0.4) is 0 Å². The summed E-state index contributed by atoms with van der Waals surface area (Å²) < 4.78 is 33.3. The Labute approximate surface area is 212 Å². The molecule has 1 saturated carbocycles. The van der Waals surface area contributed by atoms with Crippen molar-refractivity contribution in [3.63, 3.8) is 0 Å². The highest BCUT2D eigenvalue weighted by atomic mass is 35.5. The molecule has 1 aromatic carbocycles. The second-order valence-corrected chi connectivity index (χ2v) is 9.42. The number of hydrogen-bond acceptors (Lipinski definition) is 5. The zero-order valence-corrected chi connectivity index (χ0v) is 20.7. The van der Waals surface area contributed by atoms with E-state index in [0.29, 0.717) is 29.2 Å². The van der Waals surface area contributed by atoms with Gasteiger partial charge in [0.15, 0.2) is 0 Å². The van der Waals surface area contributed by atoms with Gasteiger partial charge in [-0.15, -0.1) is 0 Å². The van der Waals surface area contributed by atoms with Gasteiger partial charge < -0.3 is 15.2 Å². The van der Waals surface area contributed by atoms with Crippen molar-refractivity contribution >= 4 is 29.1 Å². The molecule has 36 heavy (non-hydrogen) atoms. The SMILES string of the molecule is CCc1nocc1C(=O)NC(C(=O)Nc1ccc(-c2c(Cl)ccnc2C)cc1)C1CCCC(F)(F)C1. The number of benzene rings is 1. The zero-order valence-electron chi connectivity index (χ0n) is 20.0. The Morgan fingerprint density at radius 3 is 2.67 bits per heavy atom. The molecule has 3 aromatic rings. The lowest BCUT2D eigenvalue weighted by Gasteiger charge is -2.34. The topological polar surface area (TPSA) is 97.1 Å². The maximum Gasteiger partial charge on any atom is 0.257 e. The highest BCUT2D eigenvalue weighted by molar-refractivity contribution is 6.33. The average molecular weight is 517 g/mol. The number of hydrogen-bond donors (Lipinski definition) is 2. The van der Waals surface area contributed by atoms with Crippen LogP contribution in [0, 0.1) is 12.8 Å². The second-order valence-electron chi connectivity index (χ2n) is 9.01. The molecule has 0 spiro atoms. The number of alkyl halides is 2. The fourth-order valence-electron chi connectivity index (χ4n) is 4.63. The van der Waals surface area contributed by atoms with Crippen LogP contribution in [-0.2, 0) is 11.2 Å². The number of carbonyl (C=O) groups is 2. The molecule has 0 bridgehead atoms. The quantitative estimate of drug-likeness (QED) is 0.412. The standard InChI is InChI=1S/C26H27ClF2N4O3/c1-3-21-19(14-36-33-21)24(34)32-23(17-5-4-11-26(28,29)13-17)25(35)31-18-8-6-16(7-9-18)22-15(2)30-12-10-20(22)27/h6-10,12,14,17,23H,3-5,11,13H2,1-2H3,(H,31,35)(H,32,34). The first-order valence-electron chi connectivity index (χ1n) is 11.8. The third-order valence-electron chi connectivity index (χ3n) is 6.47. The summed E-state index contributed by atoms with van der Waals surface area (Å²) in [5, 5.41) is 9.77. The van der Waals surface area contributed by atoms with E-state index in [4.69, 9.17) is 16.1 Å². The second kappa shape index (κ2) is 10.7. The zero-order chi connectivity index (χ0) is 25.9. The van der Waals surface area contributed by atoms with E-state index >= 15 is 0 Å². The van der Waals surface area contributed by atoms with Crippen LogP contribution < -0.4 is 10.6 Å². The monoisotopic (exact) mass is 516 g/mol. The molecule has 190 valence electrons. The summed E-state index contributed by atoms with van der Waals surface area (Å²) in [6.45, 7) is 3.66. The van der Waals surface area contributed by atoms with Crippen molar-refractivity contribution in [1.82, 2.24) is 15.5 Å². The summed E-state index contributed by atoms with van der Waals surface area (Å²) in [7, 11) is 0. The van der Waals surface area contributed by atoms with Gasteiger partial charge >= 0.3 is 0 Å². The molecule has 0 radical (unpaired) electrons. The van der Waals surface area contributed by atoms with Crippen molar-refractivity contribution in [2.45, 2.75) is 57.9 Å². The molecule has 1 aliphatic carbocycles. The van der Waals surface area contributed by atoms with Crippen LogP contribution in [0.25, 0.3) is 11.1 Å². The molecule has 0 saturated heterocycles. The molecule has 2 amide bonds. The van der Waals surface area contributed by atoms with E-state index in [0.717, 1.165) is 16.8 Å². The van der Waals surface area contributed by atoms with Gasteiger partial charge in [-0.25, -0.2) is 8.78 Å². The summed E-state index contributed by atoms with van der Waals surface area (Å²) in [5.41, 5.74) is 3.45. The molecular formula is C26H27ClF2N4O3. The number of pyridine rings is 1. The van der Waals surface area contributed by atoms with Crippen LogP contribution in [0.15, 0.2) is 47.3 Å². The number of rotatable bonds is 7. The number of nitrogens with one attached hydrogen (secondary N) is 2. The molecule has 4 rings (SSSR count). The molecule has 2 aromatic heterocycles. The van der Waals surface area contributed by atoms with Crippen LogP contribution in [0.5, 0.6) is 0 Å². The first-order valence-corrected chi connectivity index (χ1v) is 12.2. The van der Waals surface area contributed by atoms with Crippen molar-refractivity contribution < 1.29 is 22.9 Å². The number of amides is 2. The van der Waals surface area contributed by atoms with Crippen LogP contribution in [0.2, 0.25) is 5.02 Å². The minimum Gasteiger partial charge on any atom is -0.364 e. The van der Waals surface area contributed by atoms with Gasteiger partial charge in [0.05, 0.1) is 10.7 Å². The van der Waals surface area contributed by atoms with Crippen LogP contribution in [0.1, 0.15) is 54.4 Å². The molecule has 0 aliphatic heterocycles. The third kappa shape index (κ3) is 5.73. The van der Waals surface area contributed by atoms with E-state index in [1.165, 1.54) is 6.26 Å². The normalized spacial score (nSPS) is 17.9. The largest absolute Gasteiger partial charge is 0.364 e. The van der Waals surface area contributed by atoms with Gasteiger partial charge in [0.1, 0.15) is 17.9 Å². The molecule has 2 N–H and O–H groups in total. The van der Waals surface area contributed by atoms with Gasteiger partial charge in [-0.05, 0) is 55.9 Å². The summed E-state index contributed by atoms with van der Waals surface area (Å²) in [4.78, 5) is 30.5. The fourth-order valence-corrected chi connectivity index (χ4v) is 4.94. The molecule has 2 heterocycles. The van der Waals surface area contributed by atoms with Crippen molar-refractivity contribution in [2.24, 2.45) is 5.92 Å². The number of nitrogens with zero attached hydrogens (tertiary/aromatic N) is 2. The lowest BCUT2D eigenvalue weighted by atomic mass is 9.81. The highest BCUT2D eigenvalue weighted by Gasteiger charge is 2.42. The minimum atomic E-state index is -2.89. The Morgan fingerprint density at radius 2 is 2.00 bits per heavy atom. The van der Waals surface area contributed by atoms with E-state index in [2.05, 4.69) is 20.8 Å². The Hall–Kier alpha value is -3.33. The number of aromatic nitrogens is 2. The van der Waals surface area contributed by atoms with Crippen LogP contribution in [-0.4, -0.2) is 33.9 Å². The fraction of sp³-hybridized carbons (Fsp3) is 0.385. The smallest absolute Gasteiger partial charge is 0.257 e. The predicted octanol–water partition coefficient (Wildman–Crippen LogP) is 5.82. The molecular weight excluding hydrogens is 490 g/mol. The van der Waals surface area contributed by atoms with E-state index in [-0.39, 0.29) is 18.4 Å². The van der Waals surface area contributed by atoms with Crippen molar-refractivity contribution in [2.75, 3.05) is 5.32 Å². The van der Waals surface area contributed by atoms with Crippen LogP contribution >= 0.6 is 11.6 Å². The number of carbonyl (C=O) groups excluding carboxylic acids is 2. The molecule has 10 heteroatoms. The lowest BCUT2D eigenvalue weighted by molar-refractivity contribution is -0.121. The van der Waals surface area contributed by atoms with Crippen molar-refractivity contribution in [3.8, 4) is 11.1 Å². The maximum absolute atomic E-state index is 14.2. The van der Waals surface area contributed by atoms with Gasteiger partial charge in [-0.1, -0.05) is 35.8 Å². The molecule has 7 nitrogen and oxygen atoms in total. The summed E-state index contributed by atoms with van der Waals surface area (Å²) in [6, 6.07) is 7.51. The van der Waals surface area contributed by atoms with Crippen molar-refractivity contribution in [1.29, 1.82) is 0 Å². The van der Waals surface area contributed by atoms with E-state index in [1.54, 1.807) is 36.5 Å². The summed E-state index contributed by atoms with van der Waals surface area (Å²) in [6.07, 6.45) is 3.23. The Bertz CT molecular complexity index is 1230. The van der Waals surface area contributed by atoms with Crippen LogP contribution in [0.4, 0.5) is 14.5 Å². The average Bonchev–Trinajstić information content (AvgIpc) is 3.32. The van der Waals surface area contributed by atoms with Crippen molar-refractivity contribution in [3.05, 3.63) is 64.8 Å². The Balaban J connectivity index is 1.55. The van der Waals surface area contributed by atoms with E-state index < -0.39 is 36.1 Å². The summed E-state index contributed by atoms with van der Waals surface area (Å²) >= 11 is 6.33. The van der Waals surface area contributed by atoms with Gasteiger partial charge in [0.2, 0.25) is 11.8 Å². The Kier molecular flexibility index (Phi) is 7.68. The first kappa shape index (κ1) is 25.8.